The van der Waals surface area contributed by atoms with Gasteiger partial charge in [0.2, 0.25) is 5.91 Å². The van der Waals surface area contributed by atoms with E-state index in [-0.39, 0.29) is 39.6 Å². The van der Waals surface area contributed by atoms with E-state index in [1.54, 1.807) is 0 Å². The van der Waals surface area contributed by atoms with Crippen LogP contribution in [0.25, 0.3) is 0 Å². The van der Waals surface area contributed by atoms with Crippen LogP contribution in [0.3, 0.4) is 0 Å². The van der Waals surface area contributed by atoms with Gasteiger partial charge in [0.25, 0.3) is 0 Å². The summed E-state index contributed by atoms with van der Waals surface area (Å²) in [5.74, 6) is -0.428. The van der Waals surface area contributed by atoms with Gasteiger partial charge in [0.15, 0.2) is 6.29 Å². The van der Waals surface area contributed by atoms with Crippen LogP contribution in [-0.4, -0.2) is 103 Å². The summed E-state index contributed by atoms with van der Waals surface area (Å²) in [6, 6.07) is -0.988. The molecule has 0 aromatic carbocycles. The topological polar surface area (TPSA) is 153 Å². The molecular weight excluding hydrogens is 386 g/mol. The molecule has 0 aromatic rings. The van der Waals surface area contributed by atoms with Crippen molar-refractivity contribution in [3.63, 3.8) is 0 Å². The van der Waals surface area contributed by atoms with Gasteiger partial charge in [-0.05, 0) is 0 Å². The minimum atomic E-state index is -1.36. The van der Waals surface area contributed by atoms with Crippen molar-refractivity contribution in [2.24, 2.45) is 0 Å². The number of ether oxygens (including phenoxy) is 5. The predicted molar refractivity (Wildman–Crippen MR) is 93.3 cm³/mol. The molecule has 0 spiro atoms. The van der Waals surface area contributed by atoms with E-state index in [9.17, 15) is 24.9 Å². The fourth-order valence-electron chi connectivity index (χ4n) is 2.35. The van der Waals surface area contributed by atoms with Gasteiger partial charge in [-0.25, -0.2) is 4.79 Å². The molecule has 0 saturated carbocycles. The van der Waals surface area contributed by atoms with Gasteiger partial charge in [-0.1, -0.05) is 12.6 Å². The van der Waals surface area contributed by atoms with E-state index >= 15 is 0 Å². The third-order valence-corrected chi connectivity index (χ3v) is 3.71. The smallest absolute Gasteiger partial charge is 0.364 e. The maximum absolute atomic E-state index is 11.3. The summed E-state index contributed by atoms with van der Waals surface area (Å²) in [6.07, 6.45) is -4.80. The van der Waals surface area contributed by atoms with Gasteiger partial charge in [-0.15, -0.1) is 0 Å². The Bertz CT molecular complexity index is 454. The van der Waals surface area contributed by atoms with Crippen LogP contribution < -0.4 is 5.32 Å². The summed E-state index contributed by atoms with van der Waals surface area (Å²) in [4.78, 5) is 21.7. The molecular formula is C15H27NO10S. The molecule has 1 aliphatic rings. The molecule has 1 rings (SSSR count). The van der Waals surface area contributed by atoms with Crippen LogP contribution in [0.1, 0.15) is 6.92 Å². The molecule has 4 N–H and O–H groups in total. The second-order valence-corrected chi connectivity index (χ2v) is 6.01. The van der Waals surface area contributed by atoms with Gasteiger partial charge in [0.1, 0.15) is 31.0 Å². The molecule has 158 valence electrons. The first-order valence-electron chi connectivity index (χ1n) is 8.39. The van der Waals surface area contributed by atoms with Crippen molar-refractivity contribution in [1.82, 2.24) is 5.32 Å². The van der Waals surface area contributed by atoms with Gasteiger partial charge in [0.05, 0.1) is 39.6 Å². The summed E-state index contributed by atoms with van der Waals surface area (Å²) in [5.41, 5.74) is 0. The largest absolute Gasteiger partial charge is 0.455 e. The average molecular weight is 413 g/mol. The summed E-state index contributed by atoms with van der Waals surface area (Å²) in [6.45, 7) is 1.91. The molecule has 1 heterocycles. The van der Waals surface area contributed by atoms with Crippen molar-refractivity contribution in [3.8, 4) is 0 Å². The van der Waals surface area contributed by atoms with Crippen LogP contribution in [0.2, 0.25) is 0 Å². The lowest BCUT2D eigenvalue weighted by atomic mass is 9.97. The number of rotatable bonds is 12. The van der Waals surface area contributed by atoms with Crippen molar-refractivity contribution in [2.75, 3.05) is 46.2 Å². The molecule has 11 nitrogen and oxygen atoms in total. The van der Waals surface area contributed by atoms with Gasteiger partial charge in [-0.2, -0.15) is 0 Å². The number of carbonyl (C=O) groups is 2. The summed E-state index contributed by atoms with van der Waals surface area (Å²) < 4.78 is 25.9. The van der Waals surface area contributed by atoms with Crippen LogP contribution >= 0.6 is 12.6 Å². The Labute approximate surface area is 162 Å². The van der Waals surface area contributed by atoms with Gasteiger partial charge in [-0.3, -0.25) is 4.79 Å². The number of hydrogen-bond acceptors (Lipinski definition) is 10. The van der Waals surface area contributed by atoms with Crippen LogP contribution in [0.15, 0.2) is 0 Å². The molecule has 1 fully saturated rings. The highest BCUT2D eigenvalue weighted by Crippen LogP contribution is 2.22. The zero-order valence-electron chi connectivity index (χ0n) is 15.0. The molecule has 0 unspecified atom stereocenters. The Morgan fingerprint density at radius 2 is 1.63 bits per heavy atom. The number of carbonyl (C=O) groups excluding carboxylic acids is 2. The van der Waals surface area contributed by atoms with Crippen molar-refractivity contribution >= 4 is 23.8 Å². The lowest BCUT2D eigenvalue weighted by Gasteiger charge is -2.42. The quantitative estimate of drug-likeness (QED) is 0.139. The zero-order chi connectivity index (χ0) is 20.2. The van der Waals surface area contributed by atoms with Crippen molar-refractivity contribution in [1.29, 1.82) is 0 Å². The first kappa shape index (κ1) is 24.0. The molecule has 12 heteroatoms. The Balaban J connectivity index is 2.25. The molecule has 0 radical (unpaired) electrons. The normalized spacial score (nSPS) is 28.0. The highest BCUT2D eigenvalue weighted by Gasteiger charge is 2.45. The van der Waals surface area contributed by atoms with E-state index in [1.165, 1.54) is 6.92 Å². The zero-order valence-corrected chi connectivity index (χ0v) is 15.9. The minimum Gasteiger partial charge on any atom is -0.455 e. The van der Waals surface area contributed by atoms with E-state index in [4.69, 9.17) is 18.9 Å². The fourth-order valence-corrected chi connectivity index (χ4v) is 2.44. The van der Waals surface area contributed by atoms with E-state index < -0.39 is 48.5 Å². The number of nitrogens with one attached hydrogen (secondary N) is 1. The van der Waals surface area contributed by atoms with E-state index in [1.807, 2.05) is 0 Å². The lowest BCUT2D eigenvalue weighted by Crippen LogP contribution is -2.64. The Morgan fingerprint density at radius 3 is 2.19 bits per heavy atom. The van der Waals surface area contributed by atoms with Crippen molar-refractivity contribution < 1.29 is 48.6 Å². The third kappa shape index (κ3) is 9.17. The number of aliphatic hydroxyl groups is 3. The highest BCUT2D eigenvalue weighted by molar-refractivity contribution is 7.96. The second-order valence-electron chi connectivity index (χ2n) is 5.64. The van der Waals surface area contributed by atoms with E-state index in [0.717, 1.165) is 0 Å². The van der Waals surface area contributed by atoms with Gasteiger partial charge < -0.3 is 44.3 Å². The number of hydrogen-bond donors (Lipinski definition) is 5. The van der Waals surface area contributed by atoms with Crippen molar-refractivity contribution in [2.45, 2.75) is 37.6 Å². The monoisotopic (exact) mass is 413 g/mol. The molecule has 0 aromatic heterocycles. The van der Waals surface area contributed by atoms with E-state index in [2.05, 4.69) is 22.7 Å². The third-order valence-electron chi connectivity index (χ3n) is 3.59. The molecule has 0 bridgehead atoms. The molecule has 1 aliphatic heterocycles. The highest BCUT2D eigenvalue weighted by atomic mass is 32.1. The lowest BCUT2D eigenvalue weighted by molar-refractivity contribution is -0.272. The maximum atomic E-state index is 11.3. The minimum absolute atomic E-state index is 0.0823. The van der Waals surface area contributed by atoms with E-state index in [0.29, 0.717) is 0 Å². The predicted octanol–water partition coefficient (Wildman–Crippen LogP) is -1.95. The number of thiol groups is 1. The SMILES string of the molecule is CC(=O)N[C@H]1[C@H](OCCOCCOCCOC(=O)S)O[C@H](CO)[C@H](O)[C@@H]1O. The first-order valence-corrected chi connectivity index (χ1v) is 8.84. The van der Waals surface area contributed by atoms with Crippen LogP contribution in [0.5, 0.6) is 0 Å². The Morgan fingerprint density at radius 1 is 1.04 bits per heavy atom. The summed E-state index contributed by atoms with van der Waals surface area (Å²) in [5, 5.41) is 31.0. The second kappa shape index (κ2) is 13.2. The first-order chi connectivity index (χ1) is 12.9. The fraction of sp³-hybridized carbons (Fsp3) is 0.867. The molecule has 27 heavy (non-hydrogen) atoms. The number of amides is 1. The summed E-state index contributed by atoms with van der Waals surface area (Å²) >= 11 is 3.44. The molecule has 0 aliphatic carbocycles. The summed E-state index contributed by atoms with van der Waals surface area (Å²) in [7, 11) is 0. The average Bonchev–Trinajstić information content (AvgIpc) is 2.61. The van der Waals surface area contributed by atoms with Crippen LogP contribution in [0.4, 0.5) is 4.79 Å². The standard InChI is InChI=1S/C15H27NO10S/c1-9(18)16-11-13(20)12(19)10(8-17)26-14(11)24-6-4-22-2-3-23-5-7-25-15(21)27/h10-14,17,19-20H,2-8H2,1H3,(H,16,18)(H,21,27)/t10-,11-,12+,13-,14-/m1/s1. The molecule has 5 atom stereocenters. The maximum Gasteiger partial charge on any atom is 0.364 e. The molecule has 1 amide bonds. The van der Waals surface area contributed by atoms with Crippen LogP contribution in [0, 0.1) is 0 Å². The van der Waals surface area contributed by atoms with Gasteiger partial charge >= 0.3 is 5.30 Å². The van der Waals surface area contributed by atoms with Crippen LogP contribution in [-0.2, 0) is 28.5 Å². The van der Waals surface area contributed by atoms with Gasteiger partial charge in [0, 0.05) is 6.92 Å². The van der Waals surface area contributed by atoms with Crippen molar-refractivity contribution in [3.05, 3.63) is 0 Å². The molecule has 1 saturated heterocycles. The Kier molecular flexibility index (Phi) is 11.8. The Hall–Kier alpha value is -0.990. The number of aliphatic hydroxyl groups excluding tert-OH is 3.